The molecule has 0 atom stereocenters. The van der Waals surface area contributed by atoms with Crippen molar-refractivity contribution in [2.75, 3.05) is 19.1 Å². The lowest BCUT2D eigenvalue weighted by Crippen LogP contribution is -2.03. The van der Waals surface area contributed by atoms with E-state index in [-0.39, 0.29) is 0 Å². The van der Waals surface area contributed by atoms with Crippen LogP contribution in [0.4, 0.5) is 0 Å². The third-order valence-electron chi connectivity index (χ3n) is 1.93. The van der Waals surface area contributed by atoms with Crippen molar-refractivity contribution in [2.24, 2.45) is 5.73 Å². The summed E-state index contributed by atoms with van der Waals surface area (Å²) in [6.07, 6.45) is 5.15. The van der Waals surface area contributed by atoms with E-state index in [1.165, 1.54) is 19.8 Å². The Balaban J connectivity index is 3.10. The van der Waals surface area contributed by atoms with Gasteiger partial charge in [-0.15, -0.1) is 23.5 Å². The quantitative estimate of drug-likeness (QED) is 0.861. The molecule has 0 aliphatic rings. The van der Waals surface area contributed by atoms with E-state index < -0.39 is 0 Å². The van der Waals surface area contributed by atoms with E-state index in [2.05, 4.69) is 40.6 Å². The average Bonchev–Trinajstić information content (AvgIpc) is 2.17. The molecule has 1 aromatic carbocycles. The molecule has 0 heterocycles. The second kappa shape index (κ2) is 6.05. The number of rotatable bonds is 4. The summed E-state index contributed by atoms with van der Waals surface area (Å²) in [6.45, 7) is 0.707. The highest BCUT2D eigenvalue weighted by atomic mass is 79.9. The number of hydrogen-bond donors (Lipinski definition) is 1. The summed E-state index contributed by atoms with van der Waals surface area (Å²) in [5, 5.41) is 0. The Morgan fingerprint density at radius 3 is 2.50 bits per heavy atom. The van der Waals surface area contributed by atoms with Gasteiger partial charge in [-0.1, -0.05) is 0 Å². The summed E-state index contributed by atoms with van der Waals surface area (Å²) in [5.74, 6) is 0. The molecule has 0 fully saturated rings. The standard InChI is InChI=1S/C10H14BrNS2/c1-13-9-6-7(3-4-12)5-8(11)10(9)14-2/h5-6H,3-4,12H2,1-2H3. The van der Waals surface area contributed by atoms with Gasteiger partial charge in [0.1, 0.15) is 0 Å². The van der Waals surface area contributed by atoms with E-state index in [0.717, 1.165) is 6.42 Å². The van der Waals surface area contributed by atoms with Crippen LogP contribution in [-0.2, 0) is 6.42 Å². The van der Waals surface area contributed by atoms with Crippen LogP contribution in [0.25, 0.3) is 0 Å². The van der Waals surface area contributed by atoms with Crippen LogP contribution in [-0.4, -0.2) is 19.1 Å². The number of benzene rings is 1. The van der Waals surface area contributed by atoms with Crippen LogP contribution >= 0.6 is 39.5 Å². The maximum Gasteiger partial charge on any atom is 0.0348 e. The zero-order valence-electron chi connectivity index (χ0n) is 8.34. The van der Waals surface area contributed by atoms with Crippen LogP contribution in [0, 0.1) is 0 Å². The van der Waals surface area contributed by atoms with Gasteiger partial charge in [0, 0.05) is 14.3 Å². The first kappa shape index (κ1) is 12.4. The van der Waals surface area contributed by atoms with Crippen LogP contribution in [0.1, 0.15) is 5.56 Å². The van der Waals surface area contributed by atoms with Crippen molar-refractivity contribution < 1.29 is 0 Å². The highest BCUT2D eigenvalue weighted by Gasteiger charge is 2.07. The van der Waals surface area contributed by atoms with E-state index in [9.17, 15) is 0 Å². The van der Waals surface area contributed by atoms with E-state index in [0.29, 0.717) is 6.54 Å². The maximum atomic E-state index is 5.55. The summed E-state index contributed by atoms with van der Waals surface area (Å²) in [7, 11) is 0. The Bertz CT molecular complexity index is 315. The SMILES string of the molecule is CSc1cc(CCN)cc(Br)c1SC. The minimum absolute atomic E-state index is 0.707. The molecule has 14 heavy (non-hydrogen) atoms. The monoisotopic (exact) mass is 291 g/mol. The minimum Gasteiger partial charge on any atom is -0.330 e. The topological polar surface area (TPSA) is 26.0 Å². The predicted molar refractivity (Wildman–Crippen MR) is 70.5 cm³/mol. The molecule has 0 saturated heterocycles. The largest absolute Gasteiger partial charge is 0.330 e. The van der Waals surface area contributed by atoms with Gasteiger partial charge in [-0.3, -0.25) is 0 Å². The zero-order valence-corrected chi connectivity index (χ0v) is 11.6. The molecule has 0 aliphatic heterocycles. The lowest BCUT2D eigenvalue weighted by molar-refractivity contribution is 0.954. The predicted octanol–water partition coefficient (Wildman–Crippen LogP) is 3.39. The summed E-state index contributed by atoms with van der Waals surface area (Å²) in [5.41, 5.74) is 6.85. The molecule has 0 bridgehead atoms. The molecular weight excluding hydrogens is 278 g/mol. The molecular formula is C10H14BrNS2. The van der Waals surface area contributed by atoms with Crippen LogP contribution in [0.2, 0.25) is 0 Å². The number of nitrogens with two attached hydrogens (primary N) is 1. The summed E-state index contributed by atoms with van der Waals surface area (Å²) >= 11 is 7.15. The average molecular weight is 292 g/mol. The lowest BCUT2D eigenvalue weighted by Gasteiger charge is -2.10. The van der Waals surface area contributed by atoms with E-state index in [1.54, 1.807) is 23.5 Å². The smallest absolute Gasteiger partial charge is 0.0348 e. The molecule has 0 aliphatic carbocycles. The van der Waals surface area contributed by atoms with Gasteiger partial charge in [-0.25, -0.2) is 0 Å². The van der Waals surface area contributed by atoms with Crippen LogP contribution in [0.15, 0.2) is 26.4 Å². The number of halogens is 1. The second-order valence-corrected chi connectivity index (χ2v) is 5.37. The third kappa shape index (κ3) is 2.92. The van der Waals surface area contributed by atoms with Crippen molar-refractivity contribution in [1.82, 2.24) is 0 Å². The van der Waals surface area contributed by atoms with Crippen molar-refractivity contribution >= 4 is 39.5 Å². The summed E-state index contributed by atoms with van der Waals surface area (Å²) in [4.78, 5) is 2.65. The Kier molecular flexibility index (Phi) is 5.38. The molecule has 4 heteroatoms. The van der Waals surface area contributed by atoms with Gasteiger partial charge in [-0.05, 0) is 59.1 Å². The minimum atomic E-state index is 0.707. The first-order valence-corrected chi connectivity index (χ1v) is 7.57. The molecule has 0 saturated carbocycles. The van der Waals surface area contributed by atoms with E-state index in [4.69, 9.17) is 5.73 Å². The van der Waals surface area contributed by atoms with Crippen molar-refractivity contribution in [1.29, 1.82) is 0 Å². The molecule has 0 spiro atoms. The molecule has 1 nitrogen and oxygen atoms in total. The fraction of sp³-hybridized carbons (Fsp3) is 0.400. The van der Waals surface area contributed by atoms with E-state index >= 15 is 0 Å². The van der Waals surface area contributed by atoms with Gasteiger partial charge in [-0.2, -0.15) is 0 Å². The molecule has 2 N–H and O–H groups in total. The van der Waals surface area contributed by atoms with Gasteiger partial charge in [0.25, 0.3) is 0 Å². The Morgan fingerprint density at radius 2 is 2.00 bits per heavy atom. The Hall–Kier alpha value is 0.360. The third-order valence-corrected chi connectivity index (χ3v) is 4.55. The highest BCUT2D eigenvalue weighted by molar-refractivity contribution is 9.10. The zero-order chi connectivity index (χ0) is 10.6. The lowest BCUT2D eigenvalue weighted by atomic mass is 10.1. The molecule has 78 valence electrons. The fourth-order valence-corrected chi connectivity index (χ4v) is 3.99. The van der Waals surface area contributed by atoms with Crippen molar-refractivity contribution in [3.63, 3.8) is 0 Å². The van der Waals surface area contributed by atoms with Gasteiger partial charge in [0.15, 0.2) is 0 Å². The Morgan fingerprint density at radius 1 is 1.29 bits per heavy atom. The van der Waals surface area contributed by atoms with Crippen molar-refractivity contribution in [2.45, 2.75) is 16.2 Å². The molecule has 1 aromatic rings. The second-order valence-electron chi connectivity index (χ2n) is 2.85. The summed E-state index contributed by atoms with van der Waals surface area (Å²) < 4.78 is 1.18. The van der Waals surface area contributed by atoms with Gasteiger partial charge in [0.2, 0.25) is 0 Å². The van der Waals surface area contributed by atoms with Gasteiger partial charge in [0.05, 0.1) is 0 Å². The van der Waals surface area contributed by atoms with Crippen LogP contribution in [0.5, 0.6) is 0 Å². The first-order valence-electron chi connectivity index (χ1n) is 4.33. The molecule has 0 unspecified atom stereocenters. The normalized spacial score (nSPS) is 10.6. The van der Waals surface area contributed by atoms with Crippen molar-refractivity contribution in [3.05, 3.63) is 22.2 Å². The Labute approximate surface area is 102 Å². The molecule has 0 radical (unpaired) electrons. The first-order chi connectivity index (χ1) is 6.72. The molecule has 1 rings (SSSR count). The van der Waals surface area contributed by atoms with Gasteiger partial charge < -0.3 is 5.73 Å². The van der Waals surface area contributed by atoms with Crippen LogP contribution in [0.3, 0.4) is 0 Å². The van der Waals surface area contributed by atoms with Crippen molar-refractivity contribution in [3.8, 4) is 0 Å². The van der Waals surface area contributed by atoms with Gasteiger partial charge >= 0.3 is 0 Å². The summed E-state index contributed by atoms with van der Waals surface area (Å²) in [6, 6.07) is 4.40. The number of hydrogen-bond acceptors (Lipinski definition) is 3. The highest BCUT2D eigenvalue weighted by Crippen LogP contribution is 2.35. The van der Waals surface area contributed by atoms with Crippen LogP contribution < -0.4 is 5.73 Å². The maximum absolute atomic E-state index is 5.55. The number of thioether (sulfide) groups is 2. The van der Waals surface area contributed by atoms with E-state index in [1.807, 2.05) is 0 Å². The fourth-order valence-electron chi connectivity index (χ4n) is 1.28. The molecule has 0 amide bonds. The molecule has 0 aromatic heterocycles.